The number of amides is 2. The zero-order chi connectivity index (χ0) is 13.3. The van der Waals surface area contributed by atoms with Crippen molar-refractivity contribution in [1.82, 2.24) is 15.1 Å². The second-order valence-electron chi connectivity index (χ2n) is 5.05. The van der Waals surface area contributed by atoms with Crippen LogP contribution in [0.25, 0.3) is 0 Å². The van der Waals surface area contributed by atoms with Crippen molar-refractivity contribution in [1.29, 1.82) is 0 Å². The number of aromatic nitrogens is 2. The van der Waals surface area contributed by atoms with Crippen molar-refractivity contribution >= 4 is 17.5 Å². The van der Waals surface area contributed by atoms with Gasteiger partial charge in [0.05, 0.1) is 11.9 Å². The van der Waals surface area contributed by atoms with E-state index in [1.807, 2.05) is 13.8 Å². The van der Waals surface area contributed by atoms with Gasteiger partial charge in [0.15, 0.2) is 0 Å². The van der Waals surface area contributed by atoms with E-state index in [0.717, 1.165) is 0 Å². The van der Waals surface area contributed by atoms with Crippen LogP contribution in [0.3, 0.4) is 0 Å². The molecule has 0 radical (unpaired) electrons. The zero-order valence-corrected chi connectivity index (χ0v) is 10.9. The maximum atomic E-state index is 12.3. The third-order valence-electron chi connectivity index (χ3n) is 2.91. The van der Waals surface area contributed by atoms with Gasteiger partial charge < -0.3 is 5.32 Å². The van der Waals surface area contributed by atoms with Gasteiger partial charge in [0, 0.05) is 13.2 Å². The SMILES string of the molecule is CC(C)CC1NC(=O)CN(c2cnn(C)c2)C1=O. The van der Waals surface area contributed by atoms with Crippen LogP contribution in [0.2, 0.25) is 0 Å². The van der Waals surface area contributed by atoms with E-state index in [0.29, 0.717) is 18.0 Å². The minimum atomic E-state index is -0.425. The van der Waals surface area contributed by atoms with Crippen molar-refractivity contribution in [3.05, 3.63) is 12.4 Å². The number of hydrogen-bond donors (Lipinski definition) is 1. The monoisotopic (exact) mass is 250 g/mol. The summed E-state index contributed by atoms with van der Waals surface area (Å²) < 4.78 is 1.62. The fourth-order valence-electron chi connectivity index (χ4n) is 2.11. The number of carbonyl (C=O) groups is 2. The molecule has 1 unspecified atom stereocenters. The van der Waals surface area contributed by atoms with Gasteiger partial charge in [-0.15, -0.1) is 0 Å². The Hall–Kier alpha value is -1.85. The molecule has 6 nitrogen and oxygen atoms in total. The Balaban J connectivity index is 2.20. The topological polar surface area (TPSA) is 67.2 Å². The second-order valence-corrected chi connectivity index (χ2v) is 5.05. The van der Waals surface area contributed by atoms with Gasteiger partial charge in [-0.3, -0.25) is 19.2 Å². The van der Waals surface area contributed by atoms with Crippen LogP contribution in [0.5, 0.6) is 0 Å². The van der Waals surface area contributed by atoms with E-state index in [2.05, 4.69) is 10.4 Å². The summed E-state index contributed by atoms with van der Waals surface area (Å²) in [5.41, 5.74) is 0.672. The number of rotatable bonds is 3. The smallest absolute Gasteiger partial charge is 0.250 e. The van der Waals surface area contributed by atoms with Crippen molar-refractivity contribution in [2.75, 3.05) is 11.4 Å². The fourth-order valence-corrected chi connectivity index (χ4v) is 2.11. The highest BCUT2D eigenvalue weighted by Gasteiger charge is 2.34. The molecule has 0 aliphatic carbocycles. The normalized spacial score (nSPS) is 20.4. The van der Waals surface area contributed by atoms with Crippen molar-refractivity contribution in [3.63, 3.8) is 0 Å². The second kappa shape index (κ2) is 4.80. The Labute approximate surface area is 106 Å². The summed E-state index contributed by atoms with van der Waals surface area (Å²) in [5, 5.41) is 6.77. The zero-order valence-electron chi connectivity index (χ0n) is 10.9. The van der Waals surface area contributed by atoms with Crippen LogP contribution in [0, 0.1) is 5.92 Å². The third kappa shape index (κ3) is 2.52. The molecular formula is C12H18N4O2. The van der Waals surface area contributed by atoms with E-state index in [1.165, 1.54) is 4.90 Å². The fraction of sp³-hybridized carbons (Fsp3) is 0.583. The summed E-state index contributed by atoms with van der Waals surface area (Å²) in [6, 6.07) is -0.425. The molecule has 1 aromatic heterocycles. The highest BCUT2D eigenvalue weighted by Crippen LogP contribution is 2.18. The molecule has 1 N–H and O–H groups in total. The average molecular weight is 250 g/mol. The Morgan fingerprint density at radius 3 is 2.78 bits per heavy atom. The Morgan fingerprint density at radius 1 is 1.50 bits per heavy atom. The number of nitrogens with one attached hydrogen (secondary N) is 1. The average Bonchev–Trinajstić information content (AvgIpc) is 2.69. The lowest BCUT2D eigenvalue weighted by molar-refractivity contribution is -0.131. The number of anilines is 1. The third-order valence-corrected chi connectivity index (χ3v) is 2.91. The first kappa shape index (κ1) is 12.6. The summed E-state index contributed by atoms with van der Waals surface area (Å²) in [7, 11) is 1.78. The lowest BCUT2D eigenvalue weighted by Gasteiger charge is -2.32. The van der Waals surface area contributed by atoms with Crippen LogP contribution < -0.4 is 10.2 Å². The molecule has 2 amide bonds. The van der Waals surface area contributed by atoms with Gasteiger partial charge in [0.2, 0.25) is 11.8 Å². The quantitative estimate of drug-likeness (QED) is 0.839. The van der Waals surface area contributed by atoms with Gasteiger partial charge in [-0.1, -0.05) is 13.8 Å². The van der Waals surface area contributed by atoms with Crippen LogP contribution in [-0.2, 0) is 16.6 Å². The molecule has 98 valence electrons. The van der Waals surface area contributed by atoms with Gasteiger partial charge in [0.25, 0.3) is 0 Å². The first-order valence-electron chi connectivity index (χ1n) is 6.06. The maximum absolute atomic E-state index is 12.3. The minimum absolute atomic E-state index is 0.0590. The molecule has 1 fully saturated rings. The molecule has 1 aliphatic rings. The van der Waals surface area contributed by atoms with Crippen molar-refractivity contribution < 1.29 is 9.59 Å². The summed E-state index contributed by atoms with van der Waals surface area (Å²) >= 11 is 0. The van der Waals surface area contributed by atoms with Crippen LogP contribution in [0.1, 0.15) is 20.3 Å². The van der Waals surface area contributed by atoms with Crippen molar-refractivity contribution in [3.8, 4) is 0 Å². The van der Waals surface area contributed by atoms with E-state index in [1.54, 1.807) is 24.1 Å². The van der Waals surface area contributed by atoms with E-state index >= 15 is 0 Å². The van der Waals surface area contributed by atoms with E-state index < -0.39 is 6.04 Å². The first-order chi connectivity index (χ1) is 8.47. The molecule has 6 heteroatoms. The van der Waals surface area contributed by atoms with Crippen molar-refractivity contribution in [2.24, 2.45) is 13.0 Å². The van der Waals surface area contributed by atoms with E-state index in [-0.39, 0.29) is 18.4 Å². The minimum Gasteiger partial charge on any atom is -0.343 e. The lowest BCUT2D eigenvalue weighted by atomic mass is 10.0. The molecular weight excluding hydrogens is 232 g/mol. The number of carbonyl (C=O) groups excluding carboxylic acids is 2. The van der Waals surface area contributed by atoms with Gasteiger partial charge in [-0.05, 0) is 12.3 Å². The first-order valence-corrected chi connectivity index (χ1v) is 6.06. The predicted molar refractivity (Wildman–Crippen MR) is 66.9 cm³/mol. The molecule has 0 saturated carbocycles. The molecule has 0 aromatic carbocycles. The van der Waals surface area contributed by atoms with Crippen LogP contribution in [0.4, 0.5) is 5.69 Å². The van der Waals surface area contributed by atoms with Crippen molar-refractivity contribution in [2.45, 2.75) is 26.3 Å². The van der Waals surface area contributed by atoms with Gasteiger partial charge in [-0.25, -0.2) is 0 Å². The summed E-state index contributed by atoms with van der Waals surface area (Å²) in [5.74, 6) is 0.175. The highest BCUT2D eigenvalue weighted by molar-refractivity contribution is 6.06. The number of aryl methyl sites for hydroxylation is 1. The Kier molecular flexibility index (Phi) is 3.36. The largest absolute Gasteiger partial charge is 0.343 e. The molecule has 1 aliphatic heterocycles. The molecule has 0 bridgehead atoms. The molecule has 1 aromatic rings. The summed E-state index contributed by atoms with van der Waals surface area (Å²) in [6.07, 6.45) is 3.99. The predicted octanol–water partition coefficient (Wildman–Crippen LogP) is 0.298. The lowest BCUT2D eigenvalue weighted by Crippen LogP contribution is -2.58. The molecule has 1 saturated heterocycles. The summed E-state index contributed by atoms with van der Waals surface area (Å²) in [4.78, 5) is 25.4. The number of piperazine rings is 1. The Bertz CT molecular complexity index is 466. The van der Waals surface area contributed by atoms with Crippen LogP contribution >= 0.6 is 0 Å². The van der Waals surface area contributed by atoms with Gasteiger partial charge in [0.1, 0.15) is 12.6 Å². The summed E-state index contributed by atoms with van der Waals surface area (Å²) in [6.45, 7) is 4.13. The van der Waals surface area contributed by atoms with Crippen LogP contribution in [0.15, 0.2) is 12.4 Å². The molecule has 2 heterocycles. The standard InChI is InChI=1S/C12H18N4O2/c1-8(2)4-10-12(18)16(7-11(17)14-10)9-5-13-15(3)6-9/h5-6,8,10H,4,7H2,1-3H3,(H,14,17). The number of nitrogens with zero attached hydrogens (tertiary/aromatic N) is 3. The Morgan fingerprint density at radius 2 is 2.22 bits per heavy atom. The van der Waals surface area contributed by atoms with Gasteiger partial charge in [-0.2, -0.15) is 5.10 Å². The molecule has 18 heavy (non-hydrogen) atoms. The molecule has 1 atom stereocenters. The van der Waals surface area contributed by atoms with E-state index in [9.17, 15) is 9.59 Å². The number of hydrogen-bond acceptors (Lipinski definition) is 3. The molecule has 0 spiro atoms. The highest BCUT2D eigenvalue weighted by atomic mass is 16.2. The maximum Gasteiger partial charge on any atom is 0.250 e. The van der Waals surface area contributed by atoms with Gasteiger partial charge >= 0.3 is 0 Å². The van der Waals surface area contributed by atoms with E-state index in [4.69, 9.17) is 0 Å². The molecule has 2 rings (SSSR count). The van der Waals surface area contributed by atoms with Crippen LogP contribution in [-0.4, -0.2) is 34.2 Å².